The van der Waals surface area contributed by atoms with Gasteiger partial charge in [0.25, 0.3) is 5.91 Å². The summed E-state index contributed by atoms with van der Waals surface area (Å²) in [5, 5.41) is 0. The summed E-state index contributed by atoms with van der Waals surface area (Å²) >= 11 is 0. The van der Waals surface area contributed by atoms with Crippen LogP contribution in [0.4, 0.5) is 5.69 Å². The first-order valence-corrected chi connectivity index (χ1v) is 9.62. The quantitative estimate of drug-likeness (QED) is 0.759. The summed E-state index contributed by atoms with van der Waals surface area (Å²) in [5.41, 5.74) is 8.08. The van der Waals surface area contributed by atoms with Crippen molar-refractivity contribution in [3.8, 4) is 5.75 Å². The average molecular weight is 418 g/mol. The molecular formula is C22H28ClN3O3. The minimum absolute atomic E-state index is 0. The van der Waals surface area contributed by atoms with Crippen molar-refractivity contribution in [3.05, 3.63) is 59.7 Å². The molecule has 0 saturated carbocycles. The molecule has 0 unspecified atom stereocenters. The lowest BCUT2D eigenvalue weighted by atomic mass is 10.1. The number of aryl methyl sites for hydroxylation is 1. The highest BCUT2D eigenvalue weighted by molar-refractivity contribution is 5.95. The average Bonchev–Trinajstić information content (AvgIpc) is 2.98. The number of ether oxygens (including phenoxy) is 1. The van der Waals surface area contributed by atoms with Crippen LogP contribution < -0.4 is 10.5 Å². The second-order valence-corrected chi connectivity index (χ2v) is 7.00. The van der Waals surface area contributed by atoms with Crippen molar-refractivity contribution >= 4 is 29.9 Å². The molecule has 0 aliphatic carbocycles. The fourth-order valence-electron chi connectivity index (χ4n) is 3.43. The Morgan fingerprint density at radius 2 is 1.69 bits per heavy atom. The molecular weight excluding hydrogens is 390 g/mol. The number of benzene rings is 2. The highest BCUT2D eigenvalue weighted by Crippen LogP contribution is 2.15. The Balaban J connectivity index is 0.00000300. The van der Waals surface area contributed by atoms with Gasteiger partial charge in [-0.15, -0.1) is 12.4 Å². The van der Waals surface area contributed by atoms with Gasteiger partial charge in [0.15, 0.2) is 0 Å². The van der Waals surface area contributed by atoms with E-state index in [4.69, 9.17) is 10.5 Å². The first-order valence-electron chi connectivity index (χ1n) is 9.62. The van der Waals surface area contributed by atoms with E-state index in [9.17, 15) is 9.59 Å². The van der Waals surface area contributed by atoms with Crippen molar-refractivity contribution in [1.82, 2.24) is 9.80 Å². The molecule has 1 aliphatic rings. The van der Waals surface area contributed by atoms with Crippen LogP contribution in [0.5, 0.6) is 5.75 Å². The molecule has 7 heteroatoms. The Hall–Kier alpha value is -2.73. The number of anilines is 1. The van der Waals surface area contributed by atoms with Gasteiger partial charge in [-0.25, -0.2) is 0 Å². The molecule has 2 aromatic carbocycles. The molecule has 6 nitrogen and oxygen atoms in total. The van der Waals surface area contributed by atoms with E-state index in [0.717, 1.165) is 17.7 Å². The zero-order chi connectivity index (χ0) is 19.9. The lowest BCUT2D eigenvalue weighted by Crippen LogP contribution is -2.37. The van der Waals surface area contributed by atoms with Crippen LogP contribution >= 0.6 is 12.4 Å². The molecule has 0 radical (unpaired) electrons. The van der Waals surface area contributed by atoms with Crippen molar-refractivity contribution in [2.24, 2.45) is 0 Å². The molecule has 0 spiro atoms. The molecule has 156 valence electrons. The predicted molar refractivity (Wildman–Crippen MR) is 117 cm³/mol. The summed E-state index contributed by atoms with van der Waals surface area (Å²) in [6.07, 6.45) is 1.95. The minimum Gasteiger partial charge on any atom is -0.497 e. The molecule has 0 aromatic heterocycles. The Morgan fingerprint density at radius 3 is 2.38 bits per heavy atom. The third-order valence-corrected chi connectivity index (χ3v) is 5.06. The summed E-state index contributed by atoms with van der Waals surface area (Å²) in [6.45, 7) is 2.44. The molecule has 0 atom stereocenters. The monoisotopic (exact) mass is 417 g/mol. The Morgan fingerprint density at radius 1 is 1.00 bits per heavy atom. The topological polar surface area (TPSA) is 75.9 Å². The van der Waals surface area contributed by atoms with Crippen LogP contribution in [0.1, 0.15) is 28.8 Å². The standard InChI is InChI=1S/C22H27N3O3.ClH/c1-28-20-9-6-17(7-10-20)8-11-21(26)24-12-3-13-25(15-14-24)22(27)18-4-2-5-19(23)16-18;/h2,4-7,9-10,16H,3,8,11-15,23H2,1H3;1H. The van der Waals surface area contributed by atoms with Crippen LogP contribution in [0, 0.1) is 0 Å². The number of carbonyl (C=O) groups is 2. The summed E-state index contributed by atoms with van der Waals surface area (Å²) in [7, 11) is 1.64. The molecule has 0 bridgehead atoms. The van der Waals surface area contributed by atoms with Crippen LogP contribution in [0.15, 0.2) is 48.5 Å². The van der Waals surface area contributed by atoms with Crippen molar-refractivity contribution < 1.29 is 14.3 Å². The van der Waals surface area contributed by atoms with E-state index < -0.39 is 0 Å². The number of halogens is 1. The first kappa shape index (κ1) is 22.6. The second kappa shape index (κ2) is 10.7. The Kier molecular flexibility index (Phi) is 8.34. The Bertz CT molecular complexity index is 826. The van der Waals surface area contributed by atoms with Crippen molar-refractivity contribution in [3.63, 3.8) is 0 Å². The molecule has 1 heterocycles. The smallest absolute Gasteiger partial charge is 0.253 e. The van der Waals surface area contributed by atoms with E-state index in [1.165, 1.54) is 0 Å². The number of nitrogen functional groups attached to an aromatic ring is 1. The summed E-state index contributed by atoms with van der Waals surface area (Å²) < 4.78 is 5.16. The normalized spacial score (nSPS) is 14.0. The zero-order valence-corrected chi connectivity index (χ0v) is 17.5. The molecule has 1 saturated heterocycles. The molecule has 2 aromatic rings. The summed E-state index contributed by atoms with van der Waals surface area (Å²) in [5.74, 6) is 0.918. The number of methoxy groups -OCH3 is 1. The molecule has 1 aliphatic heterocycles. The van der Waals surface area contributed by atoms with Crippen LogP contribution in [0.3, 0.4) is 0 Å². The van der Waals surface area contributed by atoms with Crippen LogP contribution in [-0.4, -0.2) is 54.9 Å². The highest BCUT2D eigenvalue weighted by Gasteiger charge is 2.22. The van der Waals surface area contributed by atoms with Gasteiger partial charge in [0.2, 0.25) is 5.91 Å². The Labute approximate surface area is 178 Å². The van der Waals surface area contributed by atoms with Crippen molar-refractivity contribution in [2.75, 3.05) is 39.0 Å². The van der Waals surface area contributed by atoms with Crippen LogP contribution in [0.25, 0.3) is 0 Å². The number of amides is 2. The van der Waals surface area contributed by atoms with Gasteiger partial charge in [-0.2, -0.15) is 0 Å². The van der Waals surface area contributed by atoms with Gasteiger partial charge < -0.3 is 20.3 Å². The van der Waals surface area contributed by atoms with Gasteiger partial charge in [0.05, 0.1) is 7.11 Å². The third-order valence-electron chi connectivity index (χ3n) is 5.06. The van der Waals surface area contributed by atoms with Crippen molar-refractivity contribution in [2.45, 2.75) is 19.3 Å². The third kappa shape index (κ3) is 6.12. The van der Waals surface area contributed by atoms with Gasteiger partial charge in [-0.1, -0.05) is 18.2 Å². The minimum atomic E-state index is -0.0279. The number of carbonyl (C=O) groups excluding carboxylic acids is 2. The van der Waals surface area contributed by atoms with Gasteiger partial charge in [0, 0.05) is 43.9 Å². The van der Waals surface area contributed by atoms with E-state index >= 15 is 0 Å². The highest BCUT2D eigenvalue weighted by atomic mass is 35.5. The number of rotatable bonds is 5. The fourth-order valence-corrected chi connectivity index (χ4v) is 3.43. The maximum atomic E-state index is 12.7. The lowest BCUT2D eigenvalue weighted by Gasteiger charge is -2.22. The van der Waals surface area contributed by atoms with Gasteiger partial charge in [-0.3, -0.25) is 9.59 Å². The number of nitrogens with zero attached hydrogens (tertiary/aromatic N) is 2. The van der Waals surface area contributed by atoms with E-state index in [1.54, 1.807) is 31.4 Å². The van der Waals surface area contributed by atoms with Gasteiger partial charge in [0.1, 0.15) is 5.75 Å². The van der Waals surface area contributed by atoms with E-state index in [2.05, 4.69) is 0 Å². The van der Waals surface area contributed by atoms with Crippen LogP contribution in [-0.2, 0) is 11.2 Å². The van der Waals surface area contributed by atoms with E-state index in [-0.39, 0.29) is 24.2 Å². The maximum absolute atomic E-state index is 12.7. The first-order chi connectivity index (χ1) is 13.6. The van der Waals surface area contributed by atoms with E-state index in [1.807, 2.05) is 34.1 Å². The van der Waals surface area contributed by atoms with Crippen LogP contribution in [0.2, 0.25) is 0 Å². The van der Waals surface area contributed by atoms with E-state index in [0.29, 0.717) is 50.3 Å². The van der Waals surface area contributed by atoms with Gasteiger partial charge >= 0.3 is 0 Å². The number of hydrogen-bond acceptors (Lipinski definition) is 4. The molecule has 1 fully saturated rings. The molecule has 3 rings (SSSR count). The number of nitrogens with two attached hydrogens (primary N) is 1. The van der Waals surface area contributed by atoms with Crippen molar-refractivity contribution in [1.29, 1.82) is 0 Å². The second-order valence-electron chi connectivity index (χ2n) is 7.00. The maximum Gasteiger partial charge on any atom is 0.253 e. The summed E-state index contributed by atoms with van der Waals surface area (Å²) in [4.78, 5) is 29.0. The predicted octanol–water partition coefficient (Wildman–Crippen LogP) is 3.01. The zero-order valence-electron chi connectivity index (χ0n) is 16.7. The molecule has 2 N–H and O–H groups in total. The molecule has 2 amide bonds. The SMILES string of the molecule is COc1ccc(CCC(=O)N2CCCN(C(=O)c3cccc(N)c3)CC2)cc1.Cl. The summed E-state index contributed by atoms with van der Waals surface area (Å²) in [6, 6.07) is 14.8. The number of hydrogen-bond donors (Lipinski definition) is 1. The largest absolute Gasteiger partial charge is 0.497 e. The lowest BCUT2D eigenvalue weighted by molar-refractivity contribution is -0.131. The van der Waals surface area contributed by atoms with Gasteiger partial charge in [-0.05, 0) is 48.7 Å². The molecule has 29 heavy (non-hydrogen) atoms. The fraction of sp³-hybridized carbons (Fsp3) is 0.364.